The van der Waals surface area contributed by atoms with Gasteiger partial charge in [-0.25, -0.2) is 4.39 Å². The Morgan fingerprint density at radius 3 is 2.10 bits per heavy atom. The highest BCUT2D eigenvalue weighted by atomic mass is 19.1. The summed E-state index contributed by atoms with van der Waals surface area (Å²) >= 11 is 0. The Balaban J connectivity index is 0.000000892. The van der Waals surface area contributed by atoms with Gasteiger partial charge in [0.1, 0.15) is 5.82 Å². The average molecular weight is 574 g/mol. The fourth-order valence-electron chi connectivity index (χ4n) is 4.55. The van der Waals surface area contributed by atoms with Gasteiger partial charge in [0.2, 0.25) is 0 Å². The van der Waals surface area contributed by atoms with E-state index < -0.39 is 0 Å². The van der Waals surface area contributed by atoms with Crippen molar-refractivity contribution in [2.75, 3.05) is 26.2 Å². The Hall–Kier alpha value is -3.42. The molecule has 0 amide bonds. The van der Waals surface area contributed by atoms with E-state index in [2.05, 4.69) is 76.1 Å². The van der Waals surface area contributed by atoms with E-state index in [0.29, 0.717) is 5.56 Å². The van der Waals surface area contributed by atoms with Crippen LogP contribution in [0.3, 0.4) is 0 Å². The maximum atomic E-state index is 14.5. The quantitative estimate of drug-likeness (QED) is 0.211. The van der Waals surface area contributed by atoms with E-state index in [-0.39, 0.29) is 5.82 Å². The van der Waals surface area contributed by atoms with Crippen molar-refractivity contribution in [2.24, 2.45) is 0 Å². The first kappa shape index (κ1) is 38.6. The normalized spacial score (nSPS) is 15.5. The van der Waals surface area contributed by atoms with E-state index in [1.807, 2.05) is 63.3 Å². The lowest BCUT2D eigenvalue weighted by atomic mass is 9.90. The van der Waals surface area contributed by atoms with Crippen molar-refractivity contribution in [2.45, 2.75) is 88.0 Å². The van der Waals surface area contributed by atoms with Crippen LogP contribution in [-0.2, 0) is 0 Å². The molecule has 0 atom stereocenters. The van der Waals surface area contributed by atoms with E-state index in [0.717, 1.165) is 74.2 Å². The van der Waals surface area contributed by atoms with E-state index >= 15 is 0 Å². The third kappa shape index (κ3) is 14.5. The Kier molecular flexibility index (Phi) is 22.2. The first-order chi connectivity index (χ1) is 20.3. The highest BCUT2D eigenvalue weighted by Crippen LogP contribution is 2.34. The molecule has 230 valence electrons. The summed E-state index contributed by atoms with van der Waals surface area (Å²) in [6.45, 7) is 22.6. The lowest BCUT2D eigenvalue weighted by molar-refractivity contribution is 0.298. The number of piperazine rings is 1. The molecule has 0 aromatic heterocycles. The van der Waals surface area contributed by atoms with E-state index in [4.69, 9.17) is 5.26 Å². The lowest BCUT2D eigenvalue weighted by Gasteiger charge is -2.33. The summed E-state index contributed by atoms with van der Waals surface area (Å²) in [5, 5.41) is 12.2. The summed E-state index contributed by atoms with van der Waals surface area (Å²) in [5.41, 5.74) is 7.11. The van der Waals surface area contributed by atoms with Crippen LogP contribution >= 0.6 is 0 Å². The zero-order chi connectivity index (χ0) is 31.8. The SMILES string of the molecule is CC.CC/C=C/C=C(C#N)\C=C(/C)CCC.C\C=C(C(/C(C)=C\C=C\CC)=C(/C)N1CCNCC1)\c1ccccc1F. The number of nitriles is 1. The number of allylic oxidation sites excluding steroid dienone is 14. The van der Waals surface area contributed by atoms with Gasteiger partial charge in [0.15, 0.2) is 0 Å². The second-order valence-corrected chi connectivity index (χ2v) is 9.88. The predicted octanol–water partition coefficient (Wildman–Crippen LogP) is 10.5. The fraction of sp³-hybridized carbons (Fsp3) is 0.447. The second-order valence-electron chi connectivity index (χ2n) is 9.88. The summed E-state index contributed by atoms with van der Waals surface area (Å²) in [6, 6.07) is 9.22. The van der Waals surface area contributed by atoms with Crippen LogP contribution in [0.1, 0.15) is 93.6 Å². The van der Waals surface area contributed by atoms with Crippen molar-refractivity contribution >= 4 is 5.57 Å². The van der Waals surface area contributed by atoms with Gasteiger partial charge in [-0.05, 0) is 76.3 Å². The topological polar surface area (TPSA) is 39.1 Å². The first-order valence-electron chi connectivity index (χ1n) is 15.7. The minimum absolute atomic E-state index is 0.178. The smallest absolute Gasteiger partial charge is 0.131 e. The molecule has 1 aromatic carbocycles. The predicted molar refractivity (Wildman–Crippen MR) is 184 cm³/mol. The molecule has 1 heterocycles. The number of hydrogen-bond donors (Lipinski definition) is 1. The monoisotopic (exact) mass is 573 g/mol. The van der Waals surface area contributed by atoms with Gasteiger partial charge in [-0.2, -0.15) is 5.26 Å². The van der Waals surface area contributed by atoms with Gasteiger partial charge in [0.25, 0.3) is 0 Å². The molecule has 0 aliphatic carbocycles. The molecule has 2 rings (SSSR count). The van der Waals surface area contributed by atoms with Gasteiger partial charge >= 0.3 is 0 Å². The van der Waals surface area contributed by atoms with Gasteiger partial charge in [-0.15, -0.1) is 0 Å². The Morgan fingerprint density at radius 1 is 0.976 bits per heavy atom. The Morgan fingerprint density at radius 2 is 1.57 bits per heavy atom. The molecule has 0 spiro atoms. The number of nitrogens with zero attached hydrogens (tertiary/aromatic N) is 2. The maximum Gasteiger partial charge on any atom is 0.131 e. The average Bonchev–Trinajstić information content (AvgIpc) is 3.01. The van der Waals surface area contributed by atoms with Crippen LogP contribution < -0.4 is 5.32 Å². The third-order valence-electron chi connectivity index (χ3n) is 6.61. The highest BCUT2D eigenvalue weighted by Gasteiger charge is 2.19. The van der Waals surface area contributed by atoms with Gasteiger partial charge in [0, 0.05) is 43.0 Å². The van der Waals surface area contributed by atoms with E-state index in [1.54, 1.807) is 6.07 Å². The largest absolute Gasteiger partial charge is 0.372 e. The Bertz CT molecular complexity index is 1160. The minimum Gasteiger partial charge on any atom is -0.372 e. The summed E-state index contributed by atoms with van der Waals surface area (Å²) < 4.78 is 14.5. The van der Waals surface area contributed by atoms with Crippen molar-refractivity contribution in [3.8, 4) is 6.07 Å². The number of hydrogen-bond acceptors (Lipinski definition) is 3. The summed E-state index contributed by atoms with van der Waals surface area (Å²) in [6.07, 6.45) is 20.4. The number of nitrogens with one attached hydrogen (secondary N) is 1. The second kappa shape index (κ2) is 24.2. The van der Waals surface area contributed by atoms with Crippen LogP contribution in [0.4, 0.5) is 4.39 Å². The molecule has 1 aliphatic rings. The minimum atomic E-state index is -0.178. The van der Waals surface area contributed by atoms with Gasteiger partial charge in [-0.3, -0.25) is 0 Å². The molecule has 1 aliphatic heterocycles. The van der Waals surface area contributed by atoms with Crippen LogP contribution in [0.15, 0.2) is 101 Å². The van der Waals surface area contributed by atoms with Gasteiger partial charge in [0.05, 0.1) is 11.6 Å². The third-order valence-corrected chi connectivity index (χ3v) is 6.61. The molecule has 1 N–H and O–H groups in total. The van der Waals surface area contributed by atoms with Crippen LogP contribution in [0.2, 0.25) is 0 Å². The van der Waals surface area contributed by atoms with Crippen molar-refractivity contribution < 1.29 is 4.39 Å². The Labute approximate surface area is 257 Å². The standard InChI is InChI=1S/C23H31FN2.C13H19N.C2H6/c1-5-7-8-11-18(3)23(19(4)26-16-14-25-15-17-26)20(6-2)21-12-9-10-13-22(21)24;1-4-6-7-9-13(11-14)10-12(3)8-5-2;1-2/h6-13,25H,5,14-17H2,1-4H3;6-7,9-10H,4-5,8H2,1-3H3;1-2H3/b8-7+,18-11-,20-6-,23-19-;7-6+,12-10+,13-9+;. The number of rotatable bonds is 11. The zero-order valence-electron chi connectivity index (χ0n) is 27.9. The summed E-state index contributed by atoms with van der Waals surface area (Å²) in [4.78, 5) is 2.40. The molecule has 0 saturated carbocycles. The van der Waals surface area contributed by atoms with Crippen molar-refractivity contribution in [1.29, 1.82) is 5.26 Å². The van der Waals surface area contributed by atoms with Crippen LogP contribution in [0.25, 0.3) is 5.57 Å². The van der Waals surface area contributed by atoms with Crippen LogP contribution in [0.5, 0.6) is 0 Å². The molecular formula is C38H56FN3. The molecule has 3 nitrogen and oxygen atoms in total. The van der Waals surface area contributed by atoms with E-state index in [1.165, 1.54) is 17.3 Å². The molecule has 1 fully saturated rings. The molecule has 0 radical (unpaired) electrons. The van der Waals surface area contributed by atoms with Crippen molar-refractivity contribution in [1.82, 2.24) is 10.2 Å². The molecule has 1 saturated heterocycles. The molecule has 0 bridgehead atoms. The first-order valence-corrected chi connectivity index (χ1v) is 15.7. The highest BCUT2D eigenvalue weighted by molar-refractivity contribution is 5.84. The molecule has 0 unspecified atom stereocenters. The summed E-state index contributed by atoms with van der Waals surface area (Å²) in [5.74, 6) is -0.178. The number of benzene rings is 1. The zero-order valence-corrected chi connectivity index (χ0v) is 27.9. The lowest BCUT2D eigenvalue weighted by Crippen LogP contribution is -2.42. The maximum absolute atomic E-state index is 14.5. The van der Waals surface area contributed by atoms with Crippen molar-refractivity contribution in [3.05, 3.63) is 112 Å². The van der Waals surface area contributed by atoms with Crippen molar-refractivity contribution in [3.63, 3.8) is 0 Å². The molecule has 42 heavy (non-hydrogen) atoms. The van der Waals surface area contributed by atoms with Crippen LogP contribution in [0, 0.1) is 17.1 Å². The van der Waals surface area contributed by atoms with Gasteiger partial charge in [-0.1, -0.05) is 101 Å². The number of halogens is 1. The fourth-order valence-corrected chi connectivity index (χ4v) is 4.55. The summed E-state index contributed by atoms with van der Waals surface area (Å²) in [7, 11) is 0. The molecular weight excluding hydrogens is 517 g/mol. The molecule has 4 heteroatoms. The van der Waals surface area contributed by atoms with Gasteiger partial charge < -0.3 is 10.2 Å². The molecule has 1 aromatic rings. The van der Waals surface area contributed by atoms with E-state index in [9.17, 15) is 4.39 Å². The van der Waals surface area contributed by atoms with Crippen LogP contribution in [-0.4, -0.2) is 31.1 Å².